The van der Waals surface area contributed by atoms with E-state index in [2.05, 4.69) is 15.0 Å². The number of rotatable bonds is 12. The average molecular weight is 1000 g/mol. The molecule has 0 bridgehead atoms. The fourth-order valence-electron chi connectivity index (χ4n) is 9.43. The van der Waals surface area contributed by atoms with E-state index in [-0.39, 0.29) is 62.1 Å². The van der Waals surface area contributed by atoms with Crippen LogP contribution in [-0.2, 0) is 33.9 Å². The Morgan fingerprint density at radius 2 is 1.83 bits per heavy atom. The second kappa shape index (κ2) is 19.5. The van der Waals surface area contributed by atoms with Crippen LogP contribution in [0, 0.1) is 5.92 Å². The highest BCUT2D eigenvalue weighted by Crippen LogP contribution is 2.48. The summed E-state index contributed by atoms with van der Waals surface area (Å²) in [6, 6.07) is 6.85. The smallest absolute Gasteiger partial charge is 0.414 e. The zero-order valence-corrected chi connectivity index (χ0v) is 40.3. The minimum Gasteiger partial charge on any atom is -0.491 e. The summed E-state index contributed by atoms with van der Waals surface area (Å²) in [4.78, 5) is 68.9. The van der Waals surface area contributed by atoms with E-state index >= 15 is 18.0 Å². The second-order valence-electron chi connectivity index (χ2n) is 18.9. The molecule has 1 unspecified atom stereocenters. The molecule has 8 rings (SSSR count). The van der Waals surface area contributed by atoms with E-state index in [0.29, 0.717) is 46.8 Å². The monoisotopic (exact) mass is 1000 g/mol. The summed E-state index contributed by atoms with van der Waals surface area (Å²) >= 11 is 1.32. The van der Waals surface area contributed by atoms with Crippen molar-refractivity contribution in [2.45, 2.75) is 138 Å². The molecule has 0 radical (unpaired) electrons. The number of hydrogen-bond acceptors (Lipinski definition) is 13. The van der Waals surface area contributed by atoms with Crippen LogP contribution in [0.4, 0.5) is 18.0 Å². The molecule has 1 aromatic carbocycles. The minimum absolute atomic E-state index is 0.0105. The van der Waals surface area contributed by atoms with Gasteiger partial charge in [-0.2, -0.15) is 13.2 Å². The molecule has 3 aromatic rings. The molecule has 5 heterocycles. The normalized spacial score (nSPS) is 28.3. The van der Waals surface area contributed by atoms with Crippen molar-refractivity contribution in [2.24, 2.45) is 5.92 Å². The van der Waals surface area contributed by atoms with E-state index in [0.717, 1.165) is 4.90 Å². The quantitative estimate of drug-likeness (QED) is 0.166. The molecule has 17 nitrogen and oxygen atoms in total. The lowest BCUT2D eigenvalue weighted by Gasteiger charge is -2.50. The third-order valence-corrected chi connectivity index (χ3v) is 16.6. The van der Waals surface area contributed by atoms with Gasteiger partial charge < -0.3 is 34.3 Å². The number of carbonyl (C=O) groups is 4. The van der Waals surface area contributed by atoms with Crippen LogP contribution < -0.4 is 19.5 Å². The summed E-state index contributed by atoms with van der Waals surface area (Å²) in [6.45, 7) is 5.24. The van der Waals surface area contributed by atoms with Crippen LogP contribution in [0.2, 0.25) is 0 Å². The first-order valence-electron chi connectivity index (χ1n) is 23.2. The van der Waals surface area contributed by atoms with Gasteiger partial charge >= 0.3 is 12.3 Å². The van der Waals surface area contributed by atoms with Gasteiger partial charge in [-0.25, -0.2) is 18.2 Å². The highest BCUT2D eigenvalue weighted by Gasteiger charge is 2.66. The van der Waals surface area contributed by atoms with Gasteiger partial charge in [0, 0.05) is 49.4 Å². The Hall–Kier alpha value is -5.32. The number of aromatic nitrogens is 2. The fourth-order valence-corrected chi connectivity index (χ4v) is 11.3. The van der Waals surface area contributed by atoms with E-state index in [1.54, 1.807) is 55.0 Å². The van der Waals surface area contributed by atoms with Gasteiger partial charge in [-0.05, 0) is 96.4 Å². The molecule has 3 aliphatic heterocycles. The number of amides is 4. The predicted molar refractivity (Wildman–Crippen MR) is 246 cm³/mol. The van der Waals surface area contributed by atoms with E-state index < -0.39 is 106 Å². The summed E-state index contributed by atoms with van der Waals surface area (Å²) in [5, 5.41) is 13.6. The number of carbonyl (C=O) groups excluding carboxylic acids is 3. The first-order valence-corrected chi connectivity index (χ1v) is 25.6. The van der Waals surface area contributed by atoms with Crippen LogP contribution in [0.25, 0.3) is 21.8 Å². The van der Waals surface area contributed by atoms with Crippen molar-refractivity contribution in [3.05, 3.63) is 60.3 Å². The molecule has 2 saturated carbocycles. The average Bonchev–Trinajstić information content (AvgIpc) is 4.05. The lowest BCUT2D eigenvalue weighted by molar-refractivity contribution is -0.262. The van der Waals surface area contributed by atoms with Gasteiger partial charge in [-0.15, -0.1) is 11.3 Å². The molecule has 22 heteroatoms. The van der Waals surface area contributed by atoms with E-state index in [1.807, 2.05) is 26.0 Å². The summed E-state index contributed by atoms with van der Waals surface area (Å²) in [5.41, 5.74) is -1.64. The van der Waals surface area contributed by atoms with E-state index in [1.165, 1.54) is 18.3 Å². The van der Waals surface area contributed by atoms with Gasteiger partial charge in [0.05, 0.1) is 51.9 Å². The maximum Gasteiger partial charge on any atom is 0.414 e. The summed E-state index contributed by atoms with van der Waals surface area (Å²) < 4.78 is 98.3. The summed E-state index contributed by atoms with van der Waals surface area (Å²) in [6.07, 6.45) is -4.66. The molecule has 69 heavy (non-hydrogen) atoms. The van der Waals surface area contributed by atoms with Crippen LogP contribution in [0.15, 0.2) is 60.3 Å². The SMILES string of the molecule is CC[C@@H]1OCCCC=C[C@@H]2C[C@@]2(C(=O)NS(=O)(=O)C2(C)CC2)NC(=O)[C@@H]2C[C@@H](Oc3cc(-c4ccc(OC(C)C)cc4)nc(-c4cncs4)c3)CN2C(=O)[C@H]1N(C(=O)O)C1(C(F)(F)F)CCCOC1. The van der Waals surface area contributed by atoms with Crippen LogP contribution in [0.5, 0.6) is 11.5 Å². The number of thiazole rings is 1. The number of allylic oxidation sites excluding steroid dienone is 1. The molecule has 374 valence electrons. The lowest BCUT2D eigenvalue weighted by atomic mass is 9.86. The van der Waals surface area contributed by atoms with Gasteiger partial charge in [0.25, 0.3) is 5.91 Å². The summed E-state index contributed by atoms with van der Waals surface area (Å²) in [5.74, 6) is -2.81. The number of nitrogens with one attached hydrogen (secondary N) is 2. The molecule has 2 saturated heterocycles. The topological polar surface area (TPSA) is 216 Å². The molecule has 0 spiro atoms. The Balaban J connectivity index is 1.20. The molecule has 3 N–H and O–H groups in total. The Morgan fingerprint density at radius 1 is 1.09 bits per heavy atom. The molecule has 2 aliphatic carbocycles. The van der Waals surface area contributed by atoms with Crippen molar-refractivity contribution in [3.8, 4) is 33.3 Å². The molecule has 2 aromatic heterocycles. The van der Waals surface area contributed by atoms with Gasteiger partial charge in [-0.1, -0.05) is 19.1 Å². The number of ether oxygens (including phenoxy) is 4. The Bertz CT molecular complexity index is 2540. The zero-order chi connectivity index (χ0) is 49.5. The van der Waals surface area contributed by atoms with Crippen molar-refractivity contribution in [1.82, 2.24) is 29.8 Å². The lowest BCUT2D eigenvalue weighted by Crippen LogP contribution is -2.72. The number of fused-ring (bicyclic) bond motifs is 2. The minimum atomic E-state index is -5.21. The Kier molecular flexibility index (Phi) is 14.1. The maximum absolute atomic E-state index is 15.5. The molecule has 4 fully saturated rings. The van der Waals surface area contributed by atoms with Gasteiger partial charge in [0.1, 0.15) is 35.2 Å². The number of halogens is 3. The highest BCUT2D eigenvalue weighted by molar-refractivity contribution is 7.91. The van der Waals surface area contributed by atoms with Gasteiger partial charge in [0.2, 0.25) is 21.8 Å². The highest BCUT2D eigenvalue weighted by atomic mass is 32.2. The number of nitrogens with zero attached hydrogens (tertiary/aromatic N) is 4. The van der Waals surface area contributed by atoms with Crippen LogP contribution in [0.3, 0.4) is 0 Å². The summed E-state index contributed by atoms with van der Waals surface area (Å²) in [7, 11) is -4.17. The van der Waals surface area contributed by atoms with Crippen molar-refractivity contribution >= 4 is 45.2 Å². The number of sulfonamides is 1. The largest absolute Gasteiger partial charge is 0.491 e. The van der Waals surface area contributed by atoms with Gasteiger partial charge in [-0.3, -0.25) is 29.0 Å². The molecule has 7 atom stereocenters. The second-order valence-corrected chi connectivity index (χ2v) is 22.0. The first kappa shape index (κ1) is 50.1. The number of hydrogen-bond donors (Lipinski definition) is 3. The Morgan fingerprint density at radius 3 is 2.45 bits per heavy atom. The van der Waals surface area contributed by atoms with Crippen LogP contribution in [-0.4, -0.2) is 136 Å². The van der Waals surface area contributed by atoms with Crippen molar-refractivity contribution in [3.63, 3.8) is 0 Å². The molecular weight excluding hydrogens is 946 g/mol. The fraction of sp³-hybridized carbons (Fsp3) is 0.574. The third kappa shape index (κ3) is 10.2. The molecular formula is C47H57F3N6O11S2. The standard InChI is InChI=1S/C47H57F3N6O11S2/c1-5-37-39(56(43(60)61)45(47(48,49)50)15-9-18-64-26-45)41(58)55-25-33(67-32-20-34(52-35(21-32)38-24-51-27-68-38)29-11-13-31(14-12-29)66-28(2)3)22-36(55)40(57)53-46(23-30(46)10-7-6-8-19-65-37)42(59)54-69(62,63)44(4)16-17-44/h7,10-14,20-21,24,27-28,30,33,36-37,39H,5-6,8-9,15-19,22-23,25-26H2,1-4H3,(H,53,57)(H,54,59)(H,60,61)/t30-,33-,36+,37+,39+,45?,46-/m1/s1. The van der Waals surface area contributed by atoms with E-state index in [9.17, 15) is 27.9 Å². The Labute approximate surface area is 402 Å². The number of alkyl halides is 3. The van der Waals surface area contributed by atoms with Crippen molar-refractivity contribution < 1.29 is 64.8 Å². The van der Waals surface area contributed by atoms with E-state index in [4.69, 9.17) is 23.9 Å². The van der Waals surface area contributed by atoms with Crippen LogP contribution >= 0.6 is 11.3 Å². The number of pyridine rings is 1. The first-order chi connectivity index (χ1) is 32.7. The predicted octanol–water partition coefficient (Wildman–Crippen LogP) is 6.49. The maximum atomic E-state index is 15.5. The molecule has 4 amide bonds. The number of carboxylic acid groups (broad SMARTS) is 1. The zero-order valence-electron chi connectivity index (χ0n) is 38.7. The molecule has 5 aliphatic rings. The number of benzene rings is 1. The third-order valence-electron chi connectivity index (χ3n) is 13.7. The van der Waals surface area contributed by atoms with Crippen LogP contribution in [0.1, 0.15) is 85.5 Å². The van der Waals surface area contributed by atoms with Crippen molar-refractivity contribution in [1.29, 1.82) is 0 Å². The van der Waals surface area contributed by atoms with Crippen molar-refractivity contribution in [2.75, 3.05) is 26.4 Å². The van der Waals surface area contributed by atoms with Gasteiger partial charge in [0.15, 0.2) is 5.54 Å².